The highest BCUT2D eigenvalue weighted by molar-refractivity contribution is 7.90. The van der Waals surface area contributed by atoms with E-state index in [0.29, 0.717) is 42.6 Å². The highest BCUT2D eigenvalue weighted by atomic mass is 35.5. The van der Waals surface area contributed by atoms with Crippen molar-refractivity contribution >= 4 is 33.2 Å². The summed E-state index contributed by atoms with van der Waals surface area (Å²) in [5.74, 6) is 0.539. The first-order chi connectivity index (χ1) is 19.2. The number of allylic oxidation sites excluding steroid dienone is 1. The number of carbonyl (C=O) groups is 1. The van der Waals surface area contributed by atoms with Gasteiger partial charge in [0, 0.05) is 23.7 Å². The Labute approximate surface area is 242 Å². The van der Waals surface area contributed by atoms with Gasteiger partial charge in [0.15, 0.2) is 0 Å². The van der Waals surface area contributed by atoms with Crippen LogP contribution in [0, 0.1) is 11.8 Å². The molecule has 4 atom stereocenters. The maximum atomic E-state index is 13.3. The summed E-state index contributed by atoms with van der Waals surface area (Å²) in [4.78, 5) is 15.5. The molecule has 2 heterocycles. The summed E-state index contributed by atoms with van der Waals surface area (Å²) in [6, 6.07) is 11.0. The number of nitrogens with zero attached hydrogens (tertiary/aromatic N) is 1. The molecule has 7 nitrogen and oxygen atoms in total. The minimum absolute atomic E-state index is 0.201. The van der Waals surface area contributed by atoms with Crippen LogP contribution in [-0.4, -0.2) is 43.9 Å². The van der Waals surface area contributed by atoms with E-state index >= 15 is 0 Å². The molecule has 2 aromatic carbocycles. The lowest BCUT2D eigenvalue weighted by molar-refractivity contribution is 0.0115. The van der Waals surface area contributed by atoms with Crippen LogP contribution in [0.1, 0.15) is 73.4 Å². The fourth-order valence-corrected chi connectivity index (χ4v) is 7.62. The Morgan fingerprint density at radius 3 is 2.73 bits per heavy atom. The van der Waals surface area contributed by atoms with Crippen LogP contribution < -0.4 is 14.4 Å². The summed E-state index contributed by atoms with van der Waals surface area (Å²) in [5, 5.41) is 10.9. The van der Waals surface area contributed by atoms with E-state index in [4.69, 9.17) is 16.3 Å². The van der Waals surface area contributed by atoms with E-state index < -0.39 is 27.3 Å². The number of aliphatic hydroxyl groups excluding tert-OH is 1. The zero-order valence-corrected chi connectivity index (χ0v) is 24.6. The maximum Gasteiger partial charge on any atom is 0.264 e. The third kappa shape index (κ3) is 6.50. The molecule has 9 heteroatoms. The van der Waals surface area contributed by atoms with E-state index in [-0.39, 0.29) is 11.5 Å². The van der Waals surface area contributed by atoms with Crippen LogP contribution in [0.2, 0.25) is 5.02 Å². The Morgan fingerprint density at radius 2 is 1.95 bits per heavy atom. The number of sulfonamides is 1. The lowest BCUT2D eigenvalue weighted by Gasteiger charge is -2.43. The van der Waals surface area contributed by atoms with E-state index in [1.165, 1.54) is 5.56 Å². The van der Waals surface area contributed by atoms with Crippen molar-refractivity contribution in [2.75, 3.05) is 18.0 Å². The normalized spacial score (nSPS) is 28.0. The van der Waals surface area contributed by atoms with Crippen molar-refractivity contribution in [2.24, 2.45) is 11.8 Å². The molecule has 2 bridgehead atoms. The lowest BCUT2D eigenvalue weighted by atomic mass is 9.69. The molecule has 0 aromatic heterocycles. The van der Waals surface area contributed by atoms with Gasteiger partial charge >= 0.3 is 0 Å². The highest BCUT2D eigenvalue weighted by Gasteiger charge is 2.37. The number of anilines is 1. The van der Waals surface area contributed by atoms with E-state index in [1.54, 1.807) is 31.2 Å². The predicted octanol–water partition coefficient (Wildman–Crippen LogP) is 5.64. The van der Waals surface area contributed by atoms with Crippen LogP contribution in [0.25, 0.3) is 0 Å². The van der Waals surface area contributed by atoms with Crippen LogP contribution in [-0.2, 0) is 23.1 Å². The molecule has 1 aliphatic carbocycles. The average molecular weight is 587 g/mol. The number of benzene rings is 2. The number of fused-ring (bicyclic) bond motifs is 3. The SMILES string of the molecule is CCC1/C=C/CC[C@H](O)[C@@H]2CC[C@H]2CN2CCCCc3cc(Cl)ccc3COc3ccc(cc32)C(=O)NS1(=O)=O. The van der Waals surface area contributed by atoms with Crippen LogP contribution >= 0.6 is 11.6 Å². The Balaban J connectivity index is 1.53. The van der Waals surface area contributed by atoms with Crippen molar-refractivity contribution in [2.45, 2.75) is 76.3 Å². The monoisotopic (exact) mass is 586 g/mol. The molecule has 0 spiro atoms. The third-order valence-corrected chi connectivity index (χ3v) is 10.7. The van der Waals surface area contributed by atoms with E-state index in [1.807, 2.05) is 24.3 Å². The number of ether oxygens (including phenoxy) is 1. The maximum absolute atomic E-state index is 13.3. The second kappa shape index (κ2) is 12.5. The fourth-order valence-electron chi connectivity index (χ4n) is 6.14. The van der Waals surface area contributed by atoms with Gasteiger partial charge in [0.1, 0.15) is 12.4 Å². The largest absolute Gasteiger partial charge is 0.487 e. The van der Waals surface area contributed by atoms with Crippen molar-refractivity contribution in [1.29, 1.82) is 0 Å². The second-order valence-electron chi connectivity index (χ2n) is 11.3. The van der Waals surface area contributed by atoms with Gasteiger partial charge in [-0.25, -0.2) is 13.1 Å². The molecule has 2 aliphatic heterocycles. The number of nitrogens with one attached hydrogen (secondary N) is 1. The van der Waals surface area contributed by atoms with Crippen molar-refractivity contribution in [3.63, 3.8) is 0 Å². The first-order valence-corrected chi connectivity index (χ1v) is 16.4. The van der Waals surface area contributed by atoms with Gasteiger partial charge < -0.3 is 14.7 Å². The van der Waals surface area contributed by atoms with Gasteiger partial charge in [-0.15, -0.1) is 0 Å². The quantitative estimate of drug-likeness (QED) is 0.420. The van der Waals surface area contributed by atoms with Gasteiger partial charge in [-0.1, -0.05) is 36.7 Å². The van der Waals surface area contributed by atoms with Gasteiger partial charge in [-0.2, -0.15) is 0 Å². The number of halogens is 1. The molecular weight excluding hydrogens is 548 g/mol. The molecule has 1 fully saturated rings. The van der Waals surface area contributed by atoms with Crippen molar-refractivity contribution in [3.8, 4) is 5.75 Å². The standard InChI is InChI=1S/C31H39ClN2O5S/c1-2-26-8-3-4-9-29(35)27-14-11-23(27)19-34-16-6-5-7-21-17-25(32)13-10-24(21)20-39-30-15-12-22(18-28(30)34)31(36)33-40(26,37)38/h3,8,10,12-13,15,17-18,23,26-27,29,35H,2,4-7,9,11,14,16,19-20H2,1H3,(H,33,36)/b8-3+/t23-,26?,27+,29-/m0/s1. The average Bonchev–Trinajstić information content (AvgIpc) is 2.93. The highest BCUT2D eigenvalue weighted by Crippen LogP contribution is 2.41. The first kappa shape index (κ1) is 29.0. The van der Waals surface area contributed by atoms with Gasteiger partial charge in [-0.3, -0.25) is 4.79 Å². The molecule has 5 rings (SSSR count). The Kier molecular flexibility index (Phi) is 9.08. The Bertz CT molecular complexity index is 1360. The Morgan fingerprint density at radius 1 is 1.10 bits per heavy atom. The number of aryl methyl sites for hydroxylation is 1. The number of hydrogen-bond acceptors (Lipinski definition) is 6. The van der Waals surface area contributed by atoms with Crippen LogP contribution in [0.5, 0.6) is 5.75 Å². The van der Waals surface area contributed by atoms with Gasteiger partial charge in [0.25, 0.3) is 5.91 Å². The minimum Gasteiger partial charge on any atom is -0.487 e. The van der Waals surface area contributed by atoms with Crippen molar-refractivity contribution in [3.05, 3.63) is 70.3 Å². The zero-order chi connectivity index (χ0) is 28.3. The molecule has 3 aliphatic rings. The van der Waals surface area contributed by atoms with Crippen molar-refractivity contribution in [1.82, 2.24) is 4.72 Å². The smallest absolute Gasteiger partial charge is 0.264 e. The van der Waals surface area contributed by atoms with Crippen LogP contribution in [0.4, 0.5) is 5.69 Å². The second-order valence-corrected chi connectivity index (χ2v) is 13.6. The molecule has 0 radical (unpaired) electrons. The number of amides is 1. The van der Waals surface area contributed by atoms with Crippen LogP contribution in [0.3, 0.4) is 0 Å². The summed E-state index contributed by atoms with van der Waals surface area (Å²) in [7, 11) is -3.93. The summed E-state index contributed by atoms with van der Waals surface area (Å²) in [6.07, 6.45) is 9.38. The van der Waals surface area contributed by atoms with Gasteiger partial charge in [0.2, 0.25) is 10.0 Å². The third-order valence-electron chi connectivity index (χ3n) is 8.68. The number of hydrogen-bond donors (Lipinski definition) is 2. The zero-order valence-electron chi connectivity index (χ0n) is 23.0. The molecule has 1 amide bonds. The Hall–Kier alpha value is -2.55. The minimum atomic E-state index is -3.93. The molecule has 2 aromatic rings. The molecule has 2 N–H and O–H groups in total. The molecular formula is C31H39ClN2O5S. The predicted molar refractivity (Wildman–Crippen MR) is 158 cm³/mol. The molecule has 40 heavy (non-hydrogen) atoms. The molecule has 216 valence electrons. The molecule has 1 unspecified atom stereocenters. The first-order valence-electron chi connectivity index (χ1n) is 14.4. The lowest BCUT2D eigenvalue weighted by Crippen LogP contribution is -2.44. The topological polar surface area (TPSA) is 95.9 Å². The van der Waals surface area contributed by atoms with E-state index in [9.17, 15) is 18.3 Å². The number of rotatable bonds is 1. The summed E-state index contributed by atoms with van der Waals surface area (Å²) >= 11 is 6.29. The summed E-state index contributed by atoms with van der Waals surface area (Å²) < 4.78 is 34.8. The fraction of sp³-hybridized carbons (Fsp3) is 0.516. The number of aliphatic hydroxyl groups is 1. The van der Waals surface area contributed by atoms with E-state index in [0.717, 1.165) is 56.4 Å². The van der Waals surface area contributed by atoms with Gasteiger partial charge in [-0.05, 0) is 105 Å². The molecule has 1 saturated carbocycles. The number of carbonyl (C=O) groups excluding carboxylic acids is 1. The van der Waals surface area contributed by atoms with Crippen LogP contribution in [0.15, 0.2) is 48.6 Å². The molecule has 0 saturated heterocycles. The van der Waals surface area contributed by atoms with E-state index in [2.05, 4.69) is 9.62 Å². The van der Waals surface area contributed by atoms with Crippen molar-refractivity contribution < 1.29 is 23.1 Å². The van der Waals surface area contributed by atoms with Gasteiger partial charge in [0.05, 0.1) is 17.0 Å². The summed E-state index contributed by atoms with van der Waals surface area (Å²) in [5.41, 5.74) is 3.30. The summed E-state index contributed by atoms with van der Waals surface area (Å²) in [6.45, 7) is 3.65.